The average molecular weight is 236 g/mol. The van der Waals surface area contributed by atoms with Gasteiger partial charge in [-0.2, -0.15) is 8.42 Å². The molecule has 0 aromatic carbocycles. The first kappa shape index (κ1) is 16.9. The van der Waals surface area contributed by atoms with Crippen LogP contribution in [-0.2, 0) is 18.8 Å². The van der Waals surface area contributed by atoms with E-state index in [1.165, 1.54) is 6.08 Å². The molecule has 0 bridgehead atoms. The Balaban J connectivity index is 0. The van der Waals surface area contributed by atoms with Crippen molar-refractivity contribution in [3.05, 3.63) is 12.7 Å². The number of aliphatic hydroxyl groups excluding tert-OH is 2. The molecule has 0 rings (SSSR count). The quantitative estimate of drug-likeness (QED) is 0.398. The molecule has 1 atom stereocenters. The summed E-state index contributed by atoms with van der Waals surface area (Å²) in [6.45, 7) is 1.94. The number of aliphatic hydroxyl groups is 2. The molecular formula is C6H13NaO6S. The summed E-state index contributed by atoms with van der Waals surface area (Å²) < 4.78 is 29.8. The summed E-state index contributed by atoms with van der Waals surface area (Å²) in [5.41, 5.74) is 0. The van der Waals surface area contributed by atoms with E-state index in [0.717, 1.165) is 0 Å². The van der Waals surface area contributed by atoms with Crippen molar-refractivity contribution in [1.29, 1.82) is 0 Å². The summed E-state index contributed by atoms with van der Waals surface area (Å²) in [5.74, 6) is 0. The summed E-state index contributed by atoms with van der Waals surface area (Å²) in [6, 6.07) is 0. The van der Waals surface area contributed by atoms with Crippen molar-refractivity contribution in [3.63, 3.8) is 0 Å². The molecule has 0 aliphatic rings. The molecule has 0 saturated carbocycles. The van der Waals surface area contributed by atoms with Crippen LogP contribution in [0.1, 0.15) is 0 Å². The van der Waals surface area contributed by atoms with E-state index in [1.54, 1.807) is 0 Å². The molecule has 0 saturated heterocycles. The van der Waals surface area contributed by atoms with Gasteiger partial charge in [-0.25, -0.2) is 8.37 Å². The van der Waals surface area contributed by atoms with Crippen molar-refractivity contribution in [3.8, 4) is 0 Å². The van der Waals surface area contributed by atoms with E-state index in [0.29, 0.717) is 0 Å². The van der Waals surface area contributed by atoms with Crippen LogP contribution in [0.25, 0.3) is 0 Å². The summed E-state index contributed by atoms with van der Waals surface area (Å²) in [6.07, 6.45) is 0.00530. The Morgan fingerprint density at radius 2 is 2.00 bits per heavy atom. The van der Waals surface area contributed by atoms with E-state index in [1.807, 2.05) is 0 Å². The van der Waals surface area contributed by atoms with E-state index in [-0.39, 0.29) is 36.2 Å². The van der Waals surface area contributed by atoms with Gasteiger partial charge in [-0.1, -0.05) is 6.08 Å². The van der Waals surface area contributed by atoms with Crippen LogP contribution in [0, 0.1) is 0 Å². The third-order valence-electron chi connectivity index (χ3n) is 0.946. The molecule has 0 amide bonds. The van der Waals surface area contributed by atoms with Crippen molar-refractivity contribution in [2.24, 2.45) is 0 Å². The van der Waals surface area contributed by atoms with Crippen LogP contribution >= 0.6 is 0 Å². The number of rotatable bonds is 7. The fourth-order valence-corrected chi connectivity index (χ4v) is 1.03. The van der Waals surface area contributed by atoms with Crippen molar-refractivity contribution < 1.29 is 27.0 Å². The van der Waals surface area contributed by atoms with Gasteiger partial charge in [0.25, 0.3) is 0 Å². The van der Waals surface area contributed by atoms with Crippen molar-refractivity contribution in [2.45, 2.75) is 6.10 Å². The van der Waals surface area contributed by atoms with Crippen LogP contribution in [0.5, 0.6) is 0 Å². The first-order valence-corrected chi connectivity index (χ1v) is 4.78. The van der Waals surface area contributed by atoms with Crippen LogP contribution in [0.2, 0.25) is 0 Å². The Hall–Kier alpha value is 0.530. The minimum absolute atomic E-state index is 0. The molecular weight excluding hydrogens is 223 g/mol. The molecule has 0 aliphatic heterocycles. The Morgan fingerprint density at radius 3 is 2.43 bits per heavy atom. The predicted molar refractivity (Wildman–Crippen MR) is 51.3 cm³/mol. The molecule has 0 aromatic rings. The molecule has 6 nitrogen and oxygen atoms in total. The zero-order valence-corrected chi connectivity index (χ0v) is 7.74. The number of hydrogen-bond acceptors (Lipinski definition) is 6. The molecule has 2 N–H and O–H groups in total. The van der Waals surface area contributed by atoms with Crippen LogP contribution in [0.4, 0.5) is 0 Å². The summed E-state index contributed by atoms with van der Waals surface area (Å²) in [4.78, 5) is 0. The number of hydrogen-bond donors (Lipinski definition) is 2. The van der Waals surface area contributed by atoms with Gasteiger partial charge in [0, 0.05) is 0 Å². The van der Waals surface area contributed by atoms with Gasteiger partial charge in [0.05, 0.1) is 19.8 Å². The molecule has 0 fully saturated rings. The molecule has 8 heteroatoms. The molecule has 80 valence electrons. The van der Waals surface area contributed by atoms with Crippen LogP contribution in [0.15, 0.2) is 12.7 Å². The van der Waals surface area contributed by atoms with E-state index < -0.39 is 29.7 Å². The minimum atomic E-state index is -4.09. The third kappa shape index (κ3) is 9.10. The van der Waals surface area contributed by atoms with Crippen molar-refractivity contribution >= 4 is 40.0 Å². The Kier molecular flexibility index (Phi) is 10.7. The predicted octanol–water partition coefficient (Wildman–Crippen LogP) is -1.84. The zero-order valence-electron chi connectivity index (χ0n) is 6.92. The first-order valence-electron chi connectivity index (χ1n) is 3.45. The average Bonchev–Trinajstić information content (AvgIpc) is 2.11. The molecule has 0 spiro atoms. The van der Waals surface area contributed by atoms with E-state index in [4.69, 9.17) is 10.2 Å². The molecule has 0 aliphatic carbocycles. The third-order valence-corrected chi connectivity index (χ3v) is 1.80. The summed E-state index contributed by atoms with van der Waals surface area (Å²) in [5, 5.41) is 17.1. The Bertz CT molecular complexity index is 239. The topological polar surface area (TPSA) is 93.1 Å². The SMILES string of the molecule is C=CCOS(=O)(=O)OCC(O)CO.[NaH]. The fraction of sp³-hybridized carbons (Fsp3) is 0.667. The van der Waals surface area contributed by atoms with Gasteiger partial charge >= 0.3 is 40.0 Å². The van der Waals surface area contributed by atoms with Gasteiger partial charge in [0.1, 0.15) is 6.10 Å². The van der Waals surface area contributed by atoms with Gasteiger partial charge in [-0.15, -0.1) is 6.58 Å². The van der Waals surface area contributed by atoms with Crippen LogP contribution in [-0.4, -0.2) is 74.1 Å². The van der Waals surface area contributed by atoms with Crippen molar-refractivity contribution in [1.82, 2.24) is 0 Å². The standard InChI is InChI=1S/C6H12O6S.Na.H/c1-2-3-11-13(9,10)12-5-6(8)4-7;;/h2,6-8H,1,3-5H2;;. The summed E-state index contributed by atoms with van der Waals surface area (Å²) >= 11 is 0. The summed E-state index contributed by atoms with van der Waals surface area (Å²) in [7, 11) is -4.09. The van der Waals surface area contributed by atoms with Crippen molar-refractivity contribution in [2.75, 3.05) is 19.8 Å². The molecule has 0 heterocycles. The molecule has 0 radical (unpaired) electrons. The second kappa shape index (κ2) is 8.81. The Morgan fingerprint density at radius 1 is 1.43 bits per heavy atom. The van der Waals surface area contributed by atoms with Gasteiger partial charge in [0.2, 0.25) is 0 Å². The maximum absolute atomic E-state index is 10.7. The van der Waals surface area contributed by atoms with Crippen LogP contribution in [0.3, 0.4) is 0 Å². The maximum atomic E-state index is 10.7. The molecule has 1 unspecified atom stereocenters. The van der Waals surface area contributed by atoms with E-state index in [2.05, 4.69) is 14.9 Å². The van der Waals surface area contributed by atoms with Crippen LogP contribution < -0.4 is 0 Å². The van der Waals surface area contributed by atoms with E-state index >= 15 is 0 Å². The molecule has 0 aromatic heterocycles. The van der Waals surface area contributed by atoms with Gasteiger partial charge in [-0.3, -0.25) is 0 Å². The Labute approximate surface area is 105 Å². The van der Waals surface area contributed by atoms with Gasteiger partial charge in [-0.05, 0) is 0 Å². The van der Waals surface area contributed by atoms with Gasteiger partial charge in [0.15, 0.2) is 0 Å². The monoisotopic (exact) mass is 236 g/mol. The zero-order chi connectivity index (χ0) is 10.3. The van der Waals surface area contributed by atoms with Gasteiger partial charge < -0.3 is 10.2 Å². The normalized spacial score (nSPS) is 13.0. The van der Waals surface area contributed by atoms with E-state index in [9.17, 15) is 8.42 Å². The first-order chi connectivity index (χ1) is 6.02. The second-order valence-corrected chi connectivity index (χ2v) is 3.39. The second-order valence-electron chi connectivity index (χ2n) is 2.10. The molecule has 14 heavy (non-hydrogen) atoms. The fourth-order valence-electron chi connectivity index (χ4n) is 0.380.